The Morgan fingerprint density at radius 3 is 2.79 bits per heavy atom. The third-order valence-corrected chi connectivity index (χ3v) is 1.82. The summed E-state index contributed by atoms with van der Waals surface area (Å²) in [6.45, 7) is 4.53. The van der Waals surface area contributed by atoms with Crippen molar-refractivity contribution in [2.24, 2.45) is 10.8 Å². The summed E-state index contributed by atoms with van der Waals surface area (Å²) in [6, 6.07) is 0. The molecule has 0 unspecified atom stereocenters. The topological polar surface area (TPSA) is 62.9 Å². The summed E-state index contributed by atoms with van der Waals surface area (Å²) < 4.78 is 4.97. The number of hydrogen-bond acceptors (Lipinski definition) is 3. The first-order chi connectivity index (χ1) is 6.76. The van der Waals surface area contributed by atoms with Crippen LogP contribution in [0.15, 0.2) is 4.99 Å². The molecule has 5 heteroatoms. The Hall–Kier alpha value is -0.810. The first-order valence-corrected chi connectivity index (χ1v) is 4.97. The lowest BCUT2D eigenvalue weighted by atomic mass is 10.4. The molecule has 0 atom stereocenters. The summed E-state index contributed by atoms with van der Waals surface area (Å²) in [4.78, 5) is 6.30. The van der Waals surface area contributed by atoms with E-state index in [9.17, 15) is 0 Å². The Morgan fingerprint density at radius 2 is 2.29 bits per heavy atom. The summed E-state index contributed by atoms with van der Waals surface area (Å²) in [5.41, 5.74) is 2.60. The number of methoxy groups -OCH3 is 1. The monoisotopic (exact) mass is 202 g/mol. The fourth-order valence-corrected chi connectivity index (χ4v) is 1.05. The van der Waals surface area contributed by atoms with Gasteiger partial charge in [0.2, 0.25) is 5.96 Å². The molecule has 0 fully saturated rings. The van der Waals surface area contributed by atoms with E-state index < -0.39 is 0 Å². The normalized spacial score (nSPS) is 11.6. The van der Waals surface area contributed by atoms with Gasteiger partial charge >= 0.3 is 0 Å². The number of ether oxygens (including phenoxy) is 1. The highest BCUT2D eigenvalue weighted by Gasteiger charge is 2.02. The predicted molar refractivity (Wildman–Crippen MR) is 59.0 cm³/mol. The number of hydrazine groups is 1. The largest absolute Gasteiger partial charge is 0.385 e. The average Bonchev–Trinajstić information content (AvgIpc) is 2.19. The van der Waals surface area contributed by atoms with Crippen LogP contribution in [0.25, 0.3) is 0 Å². The molecule has 0 aromatic heterocycles. The Bertz CT molecular complexity index is 161. The molecule has 0 saturated carbocycles. The summed E-state index contributed by atoms with van der Waals surface area (Å²) in [5.74, 6) is 6.10. The highest BCUT2D eigenvalue weighted by molar-refractivity contribution is 5.79. The van der Waals surface area contributed by atoms with Gasteiger partial charge in [0.15, 0.2) is 0 Å². The standard InChI is InChI=1S/C9H22N4O/c1-4-6-11-9(12-10)13(2)7-5-8-14-3/h4-8,10H2,1-3H3,(H,11,12). The number of nitrogens with two attached hydrogens (primary N) is 1. The molecule has 0 heterocycles. The highest BCUT2D eigenvalue weighted by Crippen LogP contribution is 1.90. The molecule has 0 rings (SSSR count). The number of guanidine groups is 1. The molecule has 0 spiro atoms. The molecule has 0 aliphatic heterocycles. The number of rotatable bonds is 6. The molecule has 14 heavy (non-hydrogen) atoms. The van der Waals surface area contributed by atoms with Crippen molar-refractivity contribution in [3.63, 3.8) is 0 Å². The third-order valence-electron chi connectivity index (χ3n) is 1.82. The lowest BCUT2D eigenvalue weighted by Crippen LogP contribution is -2.43. The number of nitrogens with one attached hydrogen (secondary N) is 1. The minimum atomic E-state index is 0.739. The van der Waals surface area contributed by atoms with Gasteiger partial charge < -0.3 is 9.64 Å². The summed E-state index contributed by atoms with van der Waals surface area (Å²) >= 11 is 0. The van der Waals surface area contributed by atoms with Crippen molar-refractivity contribution >= 4 is 5.96 Å². The van der Waals surface area contributed by atoms with Crippen molar-refractivity contribution in [1.82, 2.24) is 10.3 Å². The quantitative estimate of drug-likeness (QED) is 0.212. The van der Waals surface area contributed by atoms with Crippen LogP contribution in [0.1, 0.15) is 19.8 Å². The first-order valence-electron chi connectivity index (χ1n) is 4.97. The van der Waals surface area contributed by atoms with Gasteiger partial charge in [-0.3, -0.25) is 10.4 Å². The Morgan fingerprint density at radius 1 is 1.57 bits per heavy atom. The Balaban J connectivity index is 3.84. The Kier molecular flexibility index (Phi) is 8.27. The van der Waals surface area contributed by atoms with Crippen LogP contribution in [0.5, 0.6) is 0 Å². The average molecular weight is 202 g/mol. The highest BCUT2D eigenvalue weighted by atomic mass is 16.5. The molecule has 84 valence electrons. The molecule has 5 nitrogen and oxygen atoms in total. The van der Waals surface area contributed by atoms with E-state index in [1.165, 1.54) is 0 Å². The minimum Gasteiger partial charge on any atom is -0.385 e. The van der Waals surface area contributed by atoms with Crippen LogP contribution < -0.4 is 11.3 Å². The van der Waals surface area contributed by atoms with Gasteiger partial charge in [-0.25, -0.2) is 5.84 Å². The van der Waals surface area contributed by atoms with Crippen LogP contribution in [-0.4, -0.2) is 44.7 Å². The Labute approximate surface area is 86.3 Å². The van der Waals surface area contributed by atoms with Gasteiger partial charge in [0, 0.05) is 33.9 Å². The van der Waals surface area contributed by atoms with Crippen LogP contribution >= 0.6 is 0 Å². The zero-order valence-corrected chi connectivity index (χ0v) is 9.42. The van der Waals surface area contributed by atoms with Crippen molar-refractivity contribution in [3.8, 4) is 0 Å². The molecular formula is C9H22N4O. The van der Waals surface area contributed by atoms with E-state index in [0.717, 1.165) is 38.5 Å². The van der Waals surface area contributed by atoms with Crippen LogP contribution in [-0.2, 0) is 4.74 Å². The molecule has 0 bridgehead atoms. The second-order valence-corrected chi connectivity index (χ2v) is 3.12. The zero-order chi connectivity index (χ0) is 10.8. The predicted octanol–water partition coefficient (Wildman–Crippen LogP) is 0.184. The van der Waals surface area contributed by atoms with Crippen molar-refractivity contribution < 1.29 is 4.74 Å². The van der Waals surface area contributed by atoms with E-state index in [4.69, 9.17) is 10.6 Å². The third kappa shape index (κ3) is 5.77. The molecule has 0 radical (unpaired) electrons. The van der Waals surface area contributed by atoms with Crippen LogP contribution in [0.4, 0.5) is 0 Å². The van der Waals surface area contributed by atoms with E-state index in [2.05, 4.69) is 17.3 Å². The van der Waals surface area contributed by atoms with E-state index in [1.54, 1.807) is 7.11 Å². The molecular weight excluding hydrogens is 180 g/mol. The smallest absolute Gasteiger partial charge is 0.208 e. The second-order valence-electron chi connectivity index (χ2n) is 3.12. The maximum atomic E-state index is 5.36. The summed E-state index contributed by atoms with van der Waals surface area (Å²) in [6.07, 6.45) is 2.00. The number of nitrogens with zero attached hydrogens (tertiary/aromatic N) is 2. The molecule has 0 aromatic carbocycles. The molecule has 0 aromatic rings. The zero-order valence-electron chi connectivity index (χ0n) is 9.42. The van der Waals surface area contributed by atoms with Crippen molar-refractivity contribution in [2.75, 3.05) is 33.9 Å². The van der Waals surface area contributed by atoms with Gasteiger partial charge in [0.1, 0.15) is 0 Å². The van der Waals surface area contributed by atoms with Gasteiger partial charge in [0.25, 0.3) is 0 Å². The SMILES string of the molecule is CCCN=C(NN)N(C)CCCOC. The van der Waals surface area contributed by atoms with Gasteiger partial charge in [-0.2, -0.15) is 0 Å². The number of aliphatic imine (C=N–C) groups is 1. The molecule has 0 amide bonds. The molecule has 0 saturated heterocycles. The maximum Gasteiger partial charge on any atom is 0.208 e. The number of hydrogen-bond donors (Lipinski definition) is 2. The second kappa shape index (κ2) is 8.77. The van der Waals surface area contributed by atoms with Crippen molar-refractivity contribution in [2.45, 2.75) is 19.8 Å². The van der Waals surface area contributed by atoms with Gasteiger partial charge in [-0.15, -0.1) is 0 Å². The summed E-state index contributed by atoms with van der Waals surface area (Å²) in [7, 11) is 3.66. The van der Waals surface area contributed by atoms with Crippen molar-refractivity contribution in [1.29, 1.82) is 0 Å². The van der Waals surface area contributed by atoms with E-state index >= 15 is 0 Å². The van der Waals surface area contributed by atoms with E-state index in [-0.39, 0.29) is 0 Å². The van der Waals surface area contributed by atoms with E-state index in [0.29, 0.717) is 0 Å². The minimum absolute atomic E-state index is 0.739. The fraction of sp³-hybridized carbons (Fsp3) is 0.889. The van der Waals surface area contributed by atoms with Gasteiger partial charge in [-0.05, 0) is 12.8 Å². The van der Waals surface area contributed by atoms with Gasteiger partial charge in [0.05, 0.1) is 0 Å². The van der Waals surface area contributed by atoms with E-state index in [1.807, 2.05) is 11.9 Å². The van der Waals surface area contributed by atoms with Gasteiger partial charge in [-0.1, -0.05) is 6.92 Å². The lowest BCUT2D eigenvalue weighted by Gasteiger charge is -2.20. The first kappa shape index (κ1) is 13.2. The lowest BCUT2D eigenvalue weighted by molar-refractivity contribution is 0.188. The maximum absolute atomic E-state index is 5.36. The fourth-order valence-electron chi connectivity index (χ4n) is 1.05. The molecule has 3 N–H and O–H groups in total. The van der Waals surface area contributed by atoms with Crippen LogP contribution in [0, 0.1) is 0 Å². The van der Waals surface area contributed by atoms with Crippen LogP contribution in [0.3, 0.4) is 0 Å². The van der Waals surface area contributed by atoms with Crippen molar-refractivity contribution in [3.05, 3.63) is 0 Å². The van der Waals surface area contributed by atoms with Crippen LogP contribution in [0.2, 0.25) is 0 Å². The molecule has 0 aliphatic rings. The molecule has 0 aliphatic carbocycles. The summed E-state index contributed by atoms with van der Waals surface area (Å²) in [5, 5.41) is 0.